The summed E-state index contributed by atoms with van der Waals surface area (Å²) >= 11 is 1.91. The van der Waals surface area contributed by atoms with Gasteiger partial charge in [0.05, 0.1) is 0 Å². The van der Waals surface area contributed by atoms with Crippen molar-refractivity contribution < 1.29 is 4.11 Å². The van der Waals surface area contributed by atoms with Crippen molar-refractivity contribution >= 4 is 35.3 Å². The molecule has 0 bridgehead atoms. The zero-order chi connectivity index (χ0) is 5.91. The van der Waals surface area contributed by atoms with Gasteiger partial charge in [-0.05, 0) is 0 Å². The Morgan fingerprint density at radius 1 is 2.50 bits per heavy atom. The van der Waals surface area contributed by atoms with Crippen LogP contribution in [0.5, 0.6) is 0 Å². The molecule has 0 aromatic carbocycles. The van der Waals surface area contributed by atoms with Crippen LogP contribution in [0, 0.1) is 0 Å². The van der Waals surface area contributed by atoms with Crippen molar-refractivity contribution in [1.82, 2.24) is 0 Å². The van der Waals surface area contributed by atoms with Crippen molar-refractivity contribution in [3.63, 3.8) is 0 Å². The zero-order valence-corrected chi connectivity index (χ0v) is 5.86. The molecule has 0 fully saturated rings. The molecule has 0 N–H and O–H groups in total. The Bertz CT molecular complexity index is 51.4. The first-order chi connectivity index (χ1) is 3.06. The molecule has 0 aromatic heterocycles. The van der Waals surface area contributed by atoms with Crippen molar-refractivity contribution in [3.8, 4) is 0 Å². The van der Waals surface area contributed by atoms with Gasteiger partial charge in [-0.25, -0.2) is 0 Å². The molecule has 0 aliphatic heterocycles. The number of hydrogen-bond donors (Lipinski definition) is 0. The SMILES string of the molecule is [2H]C([2H])([2H])[CH2][Mg][I]. The van der Waals surface area contributed by atoms with Crippen LogP contribution in [0.15, 0.2) is 0 Å². The van der Waals surface area contributed by atoms with E-state index < -0.39 is 6.85 Å². The van der Waals surface area contributed by atoms with Gasteiger partial charge < -0.3 is 18.9 Å². The molecule has 0 saturated heterocycles. The van der Waals surface area contributed by atoms with Crippen LogP contribution in [0.1, 0.15) is 11.0 Å². The molecule has 0 spiro atoms. The Morgan fingerprint density at radius 2 is 3.25 bits per heavy atom. The highest BCUT2D eigenvalue weighted by Gasteiger charge is 1.72. The van der Waals surface area contributed by atoms with Crippen LogP contribution in [0.3, 0.4) is 0 Å². The van der Waals surface area contributed by atoms with Crippen molar-refractivity contribution in [2.75, 3.05) is 0 Å². The largest absolute Gasteiger partial charge is 0.463 e. The van der Waals surface area contributed by atoms with Gasteiger partial charge in [0.15, 0.2) is 0 Å². The standard InChI is InChI=1S/C2H5.HI.Mg/c1-2;;/h1H2,2H3;1H;/q;;+1/p-1/i2D3;;. The van der Waals surface area contributed by atoms with E-state index in [-0.39, 0.29) is 16.5 Å². The van der Waals surface area contributed by atoms with E-state index in [1.54, 1.807) is 0 Å². The summed E-state index contributed by atoms with van der Waals surface area (Å²) < 4.78 is 20.6. The summed E-state index contributed by atoms with van der Waals surface area (Å²) in [6, 6.07) is 0. The molecule has 0 nitrogen and oxygen atoms in total. The first-order valence-electron chi connectivity index (χ1n) is 2.62. The summed E-state index contributed by atoms with van der Waals surface area (Å²) in [5.41, 5.74) is 0. The van der Waals surface area contributed by atoms with E-state index >= 15 is 0 Å². The molecule has 0 aliphatic rings. The van der Waals surface area contributed by atoms with E-state index in [9.17, 15) is 0 Å². The van der Waals surface area contributed by atoms with Crippen LogP contribution >= 0.6 is 18.9 Å². The minimum Gasteiger partial charge on any atom is -0.301 e. The molecule has 2 heteroatoms. The second-order valence-electron chi connectivity index (χ2n) is 0.439. The van der Waals surface area contributed by atoms with Crippen LogP contribution < -0.4 is 0 Å². The van der Waals surface area contributed by atoms with Crippen molar-refractivity contribution in [2.24, 2.45) is 0 Å². The van der Waals surface area contributed by atoms with E-state index in [1.807, 2.05) is 0 Å². The molecule has 0 radical (unpaired) electrons. The van der Waals surface area contributed by atoms with Crippen molar-refractivity contribution in [3.05, 3.63) is 0 Å². The van der Waals surface area contributed by atoms with E-state index in [4.69, 9.17) is 4.11 Å². The fourth-order valence-corrected chi connectivity index (χ4v) is 0. The molecular formula is C2H5IMg. The summed E-state index contributed by atoms with van der Waals surface area (Å²) in [7, 11) is 0. The predicted molar refractivity (Wildman–Crippen MR) is 30.3 cm³/mol. The maximum absolute atomic E-state index is 6.70. The summed E-state index contributed by atoms with van der Waals surface area (Å²) in [5.74, 6) is 0. The van der Waals surface area contributed by atoms with Gasteiger partial charge in [0.1, 0.15) is 0 Å². The van der Waals surface area contributed by atoms with Crippen LogP contribution in [-0.2, 0) is 0 Å². The molecule has 22 valence electrons. The van der Waals surface area contributed by atoms with E-state index in [0.29, 0.717) is 4.55 Å². The fraction of sp³-hybridized carbons (Fsp3) is 1.00. The van der Waals surface area contributed by atoms with Crippen molar-refractivity contribution in [2.45, 2.75) is 11.4 Å². The van der Waals surface area contributed by atoms with Gasteiger partial charge in [-0.1, -0.05) is 6.85 Å². The van der Waals surface area contributed by atoms with E-state index in [0.717, 1.165) is 0 Å². The second kappa shape index (κ2) is 4.50. The Morgan fingerprint density at radius 3 is 3.25 bits per heavy atom. The predicted octanol–water partition coefficient (Wildman–Crippen LogP) is 1.48. The monoisotopic (exact) mass is 183 g/mol. The molecule has 0 atom stereocenters. The Kier molecular flexibility index (Phi) is 2.22. The third kappa shape index (κ3) is 3.50. The lowest BCUT2D eigenvalue weighted by atomic mass is 11.0. The quantitative estimate of drug-likeness (QED) is 0.427. The zero-order valence-electron chi connectivity index (χ0n) is 5.29. The normalized spacial score (nSPS) is 19.8. The minimum atomic E-state index is -1.65. The molecule has 0 aliphatic carbocycles. The third-order valence-electron chi connectivity index (χ3n) is 0.0945. The third-order valence-corrected chi connectivity index (χ3v) is 1.90. The summed E-state index contributed by atoms with van der Waals surface area (Å²) in [6.45, 7) is -1.65. The molecule has 0 aromatic rings. The second-order valence-corrected chi connectivity index (χ2v) is 4.55. The van der Waals surface area contributed by atoms with Gasteiger partial charge in [0, 0.05) is 4.11 Å². The van der Waals surface area contributed by atoms with Gasteiger partial charge in [0.25, 0.3) is 0 Å². The summed E-state index contributed by atoms with van der Waals surface area (Å²) in [6.07, 6.45) is 0. The lowest BCUT2D eigenvalue weighted by molar-refractivity contribution is 1.48. The molecule has 0 amide bonds. The van der Waals surface area contributed by atoms with Crippen LogP contribution in [0.2, 0.25) is 4.55 Å². The molecular weight excluding hydrogens is 175 g/mol. The number of hydrogen-bond acceptors (Lipinski definition) is 0. The topological polar surface area (TPSA) is 0 Å². The van der Waals surface area contributed by atoms with Crippen LogP contribution in [0.4, 0.5) is 0 Å². The van der Waals surface area contributed by atoms with Crippen LogP contribution in [0.25, 0.3) is 0 Å². The smallest absolute Gasteiger partial charge is 0.301 e. The first kappa shape index (κ1) is 1.98. The Balaban J connectivity index is 3.15. The van der Waals surface area contributed by atoms with Crippen molar-refractivity contribution in [1.29, 1.82) is 0 Å². The Hall–Kier alpha value is 1.50. The average Bonchev–Trinajstić information content (AvgIpc) is 1.30. The Labute approximate surface area is 50.7 Å². The van der Waals surface area contributed by atoms with E-state index in [2.05, 4.69) is 18.9 Å². The number of rotatable bonds is 1. The maximum atomic E-state index is 6.70. The molecule has 4 heavy (non-hydrogen) atoms. The first-order valence-corrected chi connectivity index (χ1v) is 7.23. The molecule has 0 heterocycles. The van der Waals surface area contributed by atoms with E-state index in [1.165, 1.54) is 0 Å². The van der Waals surface area contributed by atoms with Crippen LogP contribution in [-0.4, -0.2) is 16.5 Å². The molecule has 0 unspecified atom stereocenters. The lowest BCUT2D eigenvalue weighted by Gasteiger charge is -1.59. The maximum Gasteiger partial charge on any atom is 0.463 e. The minimum absolute atomic E-state index is 0.283. The summed E-state index contributed by atoms with van der Waals surface area (Å²) in [4.78, 5) is 0. The van der Waals surface area contributed by atoms with Gasteiger partial charge in [-0.3, -0.25) is 0 Å². The highest BCUT2D eigenvalue weighted by Crippen LogP contribution is 1.78. The van der Waals surface area contributed by atoms with Gasteiger partial charge >= 0.3 is 16.5 Å². The molecule has 0 saturated carbocycles. The van der Waals surface area contributed by atoms with Gasteiger partial charge in [-0.2, -0.15) is 0 Å². The molecule has 0 rings (SSSR count). The highest BCUT2D eigenvalue weighted by molar-refractivity contribution is 14.1. The summed E-state index contributed by atoms with van der Waals surface area (Å²) in [5, 5.41) is 0. The van der Waals surface area contributed by atoms with Gasteiger partial charge in [0.2, 0.25) is 0 Å². The lowest BCUT2D eigenvalue weighted by Crippen LogP contribution is -1.59. The highest BCUT2D eigenvalue weighted by atomic mass is 127. The number of halogens is 1. The fourth-order valence-electron chi connectivity index (χ4n) is 0. The van der Waals surface area contributed by atoms with Gasteiger partial charge in [-0.15, -0.1) is 4.55 Å². The average molecular weight is 183 g/mol.